The number of rotatable bonds is 3. The van der Waals surface area contributed by atoms with Crippen LogP contribution in [0.1, 0.15) is 39.8 Å². The Hall–Kier alpha value is -3.27. The summed E-state index contributed by atoms with van der Waals surface area (Å²) >= 11 is 0. The van der Waals surface area contributed by atoms with Crippen LogP contribution in [-0.4, -0.2) is 21.7 Å². The van der Waals surface area contributed by atoms with Crippen LogP contribution in [0.15, 0.2) is 60.8 Å². The molecule has 0 N–H and O–H groups in total. The Balaban J connectivity index is 1.82. The van der Waals surface area contributed by atoms with Gasteiger partial charge in [0.25, 0.3) is 0 Å². The van der Waals surface area contributed by atoms with Crippen molar-refractivity contribution in [2.24, 2.45) is 0 Å². The summed E-state index contributed by atoms with van der Waals surface area (Å²) in [7, 11) is 0. The average Bonchev–Trinajstić information content (AvgIpc) is 3.28. The van der Waals surface area contributed by atoms with Crippen LogP contribution in [0, 0.1) is 6.92 Å². The molecule has 3 heterocycles. The van der Waals surface area contributed by atoms with Crippen molar-refractivity contribution in [2.45, 2.75) is 26.8 Å². The zero-order valence-corrected chi connectivity index (χ0v) is 16.1. The molecule has 4 aromatic rings. The predicted octanol–water partition coefficient (Wildman–Crippen LogP) is 4.87. The third kappa shape index (κ3) is 2.48. The molecule has 2 aromatic heterocycles. The zero-order chi connectivity index (χ0) is 19.3. The van der Waals surface area contributed by atoms with Crippen molar-refractivity contribution >= 4 is 16.9 Å². The van der Waals surface area contributed by atoms with E-state index in [4.69, 9.17) is 4.74 Å². The molecule has 0 fully saturated rings. The summed E-state index contributed by atoms with van der Waals surface area (Å²) < 4.78 is 9.95. The first-order valence-electron chi connectivity index (χ1n) is 9.70. The minimum atomic E-state index is -0.252. The normalized spacial score (nSPS) is 12.6. The van der Waals surface area contributed by atoms with E-state index in [1.165, 1.54) is 22.5 Å². The molecule has 0 saturated carbocycles. The SMILES string of the molecule is CCOC(=O)c1cccc2c1c1c(n2-c2ccc(C)cc2)Cn2cccc2C1. The molecular weight excluding hydrogens is 348 g/mol. The summed E-state index contributed by atoms with van der Waals surface area (Å²) in [6.45, 7) is 5.11. The van der Waals surface area contributed by atoms with Crippen molar-refractivity contribution in [1.29, 1.82) is 0 Å². The van der Waals surface area contributed by atoms with Gasteiger partial charge < -0.3 is 13.9 Å². The minimum absolute atomic E-state index is 0.252. The largest absolute Gasteiger partial charge is 0.462 e. The van der Waals surface area contributed by atoms with E-state index in [0.717, 1.165) is 29.6 Å². The Bertz CT molecular complexity index is 1200. The maximum Gasteiger partial charge on any atom is 0.338 e. The van der Waals surface area contributed by atoms with Crippen molar-refractivity contribution in [1.82, 2.24) is 9.13 Å². The van der Waals surface area contributed by atoms with Crippen LogP contribution in [0.25, 0.3) is 16.6 Å². The van der Waals surface area contributed by atoms with E-state index in [0.29, 0.717) is 12.2 Å². The lowest BCUT2D eigenvalue weighted by atomic mass is 9.99. The van der Waals surface area contributed by atoms with Crippen LogP contribution in [-0.2, 0) is 17.7 Å². The van der Waals surface area contributed by atoms with Gasteiger partial charge in [0.2, 0.25) is 0 Å². The first kappa shape index (κ1) is 16.9. The van der Waals surface area contributed by atoms with Gasteiger partial charge >= 0.3 is 5.97 Å². The van der Waals surface area contributed by atoms with Crippen LogP contribution in [0.2, 0.25) is 0 Å². The Morgan fingerprint density at radius 2 is 1.89 bits per heavy atom. The quantitative estimate of drug-likeness (QED) is 0.425. The number of aromatic nitrogens is 2. The molecule has 2 aromatic carbocycles. The summed E-state index contributed by atoms with van der Waals surface area (Å²) in [4.78, 5) is 12.7. The van der Waals surface area contributed by atoms with Crippen LogP contribution >= 0.6 is 0 Å². The van der Waals surface area contributed by atoms with Gasteiger partial charge in [-0.15, -0.1) is 0 Å². The zero-order valence-electron chi connectivity index (χ0n) is 16.1. The number of benzene rings is 2. The number of aryl methyl sites for hydroxylation is 1. The minimum Gasteiger partial charge on any atom is -0.462 e. The molecule has 0 bridgehead atoms. The van der Waals surface area contributed by atoms with Gasteiger partial charge in [-0.3, -0.25) is 0 Å². The molecule has 0 radical (unpaired) electrons. The Kier molecular flexibility index (Phi) is 3.86. The van der Waals surface area contributed by atoms with Gasteiger partial charge in [-0.05, 0) is 55.8 Å². The number of ether oxygens (including phenoxy) is 1. The number of carbonyl (C=O) groups excluding carboxylic acids is 1. The molecule has 0 aliphatic carbocycles. The molecular formula is C24H22N2O2. The molecule has 0 amide bonds. The highest BCUT2D eigenvalue weighted by Gasteiger charge is 2.27. The Morgan fingerprint density at radius 3 is 2.68 bits per heavy atom. The topological polar surface area (TPSA) is 36.2 Å². The van der Waals surface area contributed by atoms with Crippen molar-refractivity contribution in [3.63, 3.8) is 0 Å². The van der Waals surface area contributed by atoms with Gasteiger partial charge in [0.1, 0.15) is 0 Å². The third-order valence-corrected chi connectivity index (χ3v) is 5.59. The standard InChI is InChI=1S/C24H22N2O2/c1-3-28-24(27)19-7-4-8-21-23(19)20-14-18-6-5-13-25(18)15-22(20)26(21)17-11-9-16(2)10-12-17/h4-13H,3,14-15H2,1-2H3. The first-order valence-corrected chi connectivity index (χ1v) is 9.70. The van der Waals surface area contributed by atoms with Gasteiger partial charge in [-0.25, -0.2) is 4.79 Å². The summed E-state index contributed by atoms with van der Waals surface area (Å²) in [5, 5.41) is 1.02. The van der Waals surface area contributed by atoms with Crippen molar-refractivity contribution in [3.8, 4) is 5.69 Å². The molecule has 0 atom stereocenters. The van der Waals surface area contributed by atoms with Crippen molar-refractivity contribution in [3.05, 3.63) is 88.9 Å². The van der Waals surface area contributed by atoms with Gasteiger partial charge in [0.15, 0.2) is 0 Å². The highest BCUT2D eigenvalue weighted by atomic mass is 16.5. The van der Waals surface area contributed by atoms with E-state index in [9.17, 15) is 4.79 Å². The molecule has 0 saturated heterocycles. The van der Waals surface area contributed by atoms with Crippen LogP contribution in [0.3, 0.4) is 0 Å². The highest BCUT2D eigenvalue weighted by Crippen LogP contribution is 2.37. The van der Waals surface area contributed by atoms with E-state index in [2.05, 4.69) is 64.7 Å². The smallest absolute Gasteiger partial charge is 0.338 e. The second kappa shape index (κ2) is 6.41. The van der Waals surface area contributed by atoms with E-state index >= 15 is 0 Å². The average molecular weight is 370 g/mol. The molecule has 0 spiro atoms. The van der Waals surface area contributed by atoms with Crippen LogP contribution in [0.4, 0.5) is 0 Å². The van der Waals surface area contributed by atoms with Crippen molar-refractivity contribution in [2.75, 3.05) is 6.61 Å². The molecule has 28 heavy (non-hydrogen) atoms. The van der Waals surface area contributed by atoms with Crippen molar-refractivity contribution < 1.29 is 9.53 Å². The fraction of sp³-hybridized carbons (Fsp3) is 0.208. The van der Waals surface area contributed by atoms with E-state index in [1.807, 2.05) is 19.1 Å². The fourth-order valence-electron chi connectivity index (χ4n) is 4.30. The number of hydrogen-bond acceptors (Lipinski definition) is 2. The molecule has 4 nitrogen and oxygen atoms in total. The fourth-order valence-corrected chi connectivity index (χ4v) is 4.30. The summed E-state index contributed by atoms with van der Waals surface area (Å²) in [6, 6.07) is 18.7. The Labute approximate surface area is 164 Å². The third-order valence-electron chi connectivity index (χ3n) is 5.59. The number of fused-ring (bicyclic) bond motifs is 4. The lowest BCUT2D eigenvalue weighted by Gasteiger charge is -2.20. The number of nitrogens with zero attached hydrogens (tertiary/aromatic N) is 2. The lowest BCUT2D eigenvalue weighted by Crippen LogP contribution is -2.15. The van der Waals surface area contributed by atoms with Gasteiger partial charge in [0, 0.05) is 35.1 Å². The van der Waals surface area contributed by atoms with Gasteiger partial charge in [0.05, 0.1) is 24.2 Å². The lowest BCUT2D eigenvalue weighted by molar-refractivity contribution is 0.0528. The molecule has 1 aliphatic heterocycles. The number of hydrogen-bond donors (Lipinski definition) is 0. The maximum atomic E-state index is 12.7. The molecule has 1 aliphatic rings. The summed E-state index contributed by atoms with van der Waals surface area (Å²) in [6.07, 6.45) is 2.94. The van der Waals surface area contributed by atoms with Crippen LogP contribution < -0.4 is 0 Å². The van der Waals surface area contributed by atoms with Gasteiger partial charge in [-0.2, -0.15) is 0 Å². The predicted molar refractivity (Wildman–Crippen MR) is 110 cm³/mol. The first-order chi connectivity index (χ1) is 13.7. The van der Waals surface area contributed by atoms with Gasteiger partial charge in [-0.1, -0.05) is 23.8 Å². The van der Waals surface area contributed by atoms with E-state index in [1.54, 1.807) is 0 Å². The molecule has 5 rings (SSSR count). The molecule has 140 valence electrons. The number of carbonyl (C=O) groups is 1. The molecule has 0 unspecified atom stereocenters. The second-order valence-electron chi connectivity index (χ2n) is 7.32. The maximum absolute atomic E-state index is 12.7. The monoisotopic (exact) mass is 370 g/mol. The van der Waals surface area contributed by atoms with E-state index in [-0.39, 0.29) is 5.97 Å². The molecule has 4 heteroatoms. The summed E-state index contributed by atoms with van der Waals surface area (Å²) in [5.74, 6) is -0.252. The number of esters is 1. The second-order valence-corrected chi connectivity index (χ2v) is 7.32. The van der Waals surface area contributed by atoms with E-state index < -0.39 is 0 Å². The Morgan fingerprint density at radius 1 is 1.07 bits per heavy atom. The summed E-state index contributed by atoms with van der Waals surface area (Å²) in [5.41, 5.74) is 7.80. The highest BCUT2D eigenvalue weighted by molar-refractivity contribution is 6.06. The van der Waals surface area contributed by atoms with Crippen LogP contribution in [0.5, 0.6) is 0 Å².